The molecule has 0 aliphatic rings. The summed E-state index contributed by atoms with van der Waals surface area (Å²) in [5, 5.41) is 10.6. The van der Waals surface area contributed by atoms with Crippen LogP contribution in [0.4, 0.5) is 11.5 Å². The number of benzene rings is 1. The smallest absolute Gasteiger partial charge is 0.323 e. The molecule has 0 radical (unpaired) electrons. The average Bonchev–Trinajstić information content (AvgIpc) is 2.27. The zero-order chi connectivity index (χ0) is 13.3. The summed E-state index contributed by atoms with van der Waals surface area (Å²) < 4.78 is 0. The van der Waals surface area contributed by atoms with Crippen LogP contribution in [0.25, 0.3) is 10.8 Å². The van der Waals surface area contributed by atoms with Crippen LogP contribution < -0.4 is 10.6 Å². The second kappa shape index (κ2) is 4.52. The van der Waals surface area contributed by atoms with Crippen molar-refractivity contribution in [1.82, 2.24) is 4.98 Å². The number of fused-ring (bicyclic) bond motifs is 1. The maximum atomic E-state index is 10.8. The summed E-state index contributed by atoms with van der Waals surface area (Å²) >= 11 is 0. The molecule has 1 aromatic carbocycles. The van der Waals surface area contributed by atoms with E-state index in [1.54, 1.807) is 18.1 Å². The Kier molecular flexibility index (Phi) is 3.06. The van der Waals surface area contributed by atoms with Crippen LogP contribution in [-0.2, 0) is 4.79 Å². The standard InChI is InChI=1S/C13H15N3O2/c1-8-5-10-9(11(14)6-8)3-4-15-13(10)16(2)7-12(17)18/h3-6H,7,14H2,1-2H3,(H,17,18). The quantitative estimate of drug-likeness (QED) is 0.804. The molecular weight excluding hydrogens is 230 g/mol. The number of anilines is 2. The molecule has 0 bridgehead atoms. The van der Waals surface area contributed by atoms with Crippen LogP contribution in [-0.4, -0.2) is 29.7 Å². The average molecular weight is 245 g/mol. The number of nitrogens with two attached hydrogens (primary N) is 1. The highest BCUT2D eigenvalue weighted by molar-refractivity contribution is 6.00. The third-order valence-corrected chi connectivity index (χ3v) is 2.77. The normalized spacial score (nSPS) is 10.6. The maximum absolute atomic E-state index is 10.8. The lowest BCUT2D eigenvalue weighted by atomic mass is 10.1. The van der Waals surface area contributed by atoms with Gasteiger partial charge in [0.1, 0.15) is 12.4 Å². The third kappa shape index (κ3) is 2.20. The molecule has 0 aliphatic heterocycles. The Hall–Kier alpha value is -2.30. The lowest BCUT2D eigenvalue weighted by Crippen LogP contribution is -2.26. The van der Waals surface area contributed by atoms with Crippen molar-refractivity contribution in [1.29, 1.82) is 0 Å². The van der Waals surface area contributed by atoms with E-state index in [1.807, 2.05) is 25.1 Å². The van der Waals surface area contributed by atoms with E-state index in [4.69, 9.17) is 10.8 Å². The van der Waals surface area contributed by atoms with Crippen LogP contribution in [0.2, 0.25) is 0 Å². The van der Waals surface area contributed by atoms with Gasteiger partial charge in [-0.15, -0.1) is 0 Å². The molecule has 2 aromatic rings. The van der Waals surface area contributed by atoms with E-state index in [1.165, 1.54) is 0 Å². The topological polar surface area (TPSA) is 79.5 Å². The number of nitrogens with zero attached hydrogens (tertiary/aromatic N) is 2. The Morgan fingerprint density at radius 1 is 1.44 bits per heavy atom. The van der Waals surface area contributed by atoms with Gasteiger partial charge in [0.2, 0.25) is 0 Å². The number of aryl methyl sites for hydroxylation is 1. The molecule has 0 atom stereocenters. The number of hydrogen-bond donors (Lipinski definition) is 2. The SMILES string of the molecule is Cc1cc(N)c2ccnc(N(C)CC(=O)O)c2c1. The Morgan fingerprint density at radius 3 is 2.83 bits per heavy atom. The zero-order valence-electron chi connectivity index (χ0n) is 10.3. The predicted octanol–water partition coefficient (Wildman–Crippen LogP) is 1.65. The van der Waals surface area contributed by atoms with Crippen molar-refractivity contribution in [3.05, 3.63) is 30.0 Å². The fraction of sp³-hybridized carbons (Fsp3) is 0.231. The van der Waals surface area contributed by atoms with Crippen molar-refractivity contribution >= 4 is 28.2 Å². The number of aliphatic carboxylic acids is 1. The Bertz CT molecular complexity index is 610. The summed E-state index contributed by atoms with van der Waals surface area (Å²) in [5.74, 6) is -0.262. The van der Waals surface area contributed by atoms with Crippen molar-refractivity contribution in [2.24, 2.45) is 0 Å². The minimum Gasteiger partial charge on any atom is -0.480 e. The lowest BCUT2D eigenvalue weighted by Gasteiger charge is -2.18. The molecule has 0 fully saturated rings. The third-order valence-electron chi connectivity index (χ3n) is 2.77. The van der Waals surface area contributed by atoms with Gasteiger partial charge in [-0.1, -0.05) is 0 Å². The van der Waals surface area contributed by atoms with E-state index in [0.717, 1.165) is 16.3 Å². The molecule has 5 heteroatoms. The summed E-state index contributed by atoms with van der Waals surface area (Å²) in [4.78, 5) is 16.6. The molecule has 3 N–H and O–H groups in total. The number of carbonyl (C=O) groups is 1. The summed E-state index contributed by atoms with van der Waals surface area (Å²) in [6.45, 7) is 1.85. The largest absolute Gasteiger partial charge is 0.480 e. The van der Waals surface area contributed by atoms with E-state index in [2.05, 4.69) is 4.98 Å². The molecular formula is C13H15N3O2. The van der Waals surface area contributed by atoms with Gasteiger partial charge in [0.15, 0.2) is 0 Å². The van der Waals surface area contributed by atoms with Crippen molar-refractivity contribution in [2.45, 2.75) is 6.92 Å². The van der Waals surface area contributed by atoms with Crippen LogP contribution in [0.3, 0.4) is 0 Å². The first-order chi connectivity index (χ1) is 8.49. The zero-order valence-corrected chi connectivity index (χ0v) is 10.3. The molecule has 0 spiro atoms. The first kappa shape index (κ1) is 12.2. The number of hydrogen-bond acceptors (Lipinski definition) is 4. The van der Waals surface area contributed by atoms with Gasteiger partial charge in [0.05, 0.1) is 0 Å². The summed E-state index contributed by atoms with van der Waals surface area (Å²) in [6.07, 6.45) is 1.64. The maximum Gasteiger partial charge on any atom is 0.323 e. The molecule has 0 saturated heterocycles. The van der Waals surface area contributed by atoms with Gasteiger partial charge in [-0.2, -0.15) is 0 Å². The minimum atomic E-state index is -0.892. The summed E-state index contributed by atoms with van der Waals surface area (Å²) in [6, 6.07) is 5.69. The van der Waals surface area contributed by atoms with E-state index in [-0.39, 0.29) is 6.54 Å². The van der Waals surface area contributed by atoms with Crippen molar-refractivity contribution in [3.8, 4) is 0 Å². The highest BCUT2D eigenvalue weighted by Crippen LogP contribution is 2.29. The second-order valence-corrected chi connectivity index (χ2v) is 4.33. The Labute approximate surface area is 105 Å². The summed E-state index contributed by atoms with van der Waals surface area (Å²) in [5.41, 5.74) is 7.67. The molecule has 94 valence electrons. The van der Waals surface area contributed by atoms with Crippen molar-refractivity contribution in [2.75, 3.05) is 24.2 Å². The second-order valence-electron chi connectivity index (χ2n) is 4.33. The van der Waals surface area contributed by atoms with Crippen LogP contribution in [0.15, 0.2) is 24.4 Å². The van der Waals surface area contributed by atoms with Gasteiger partial charge in [-0.05, 0) is 30.7 Å². The van der Waals surface area contributed by atoms with Gasteiger partial charge in [-0.3, -0.25) is 4.79 Å². The number of carboxylic acid groups (broad SMARTS) is 1. The molecule has 0 amide bonds. The molecule has 0 unspecified atom stereocenters. The van der Waals surface area contributed by atoms with E-state index >= 15 is 0 Å². The Balaban J connectivity index is 2.61. The number of likely N-dealkylation sites (N-methyl/N-ethyl adjacent to an activating group) is 1. The van der Waals surface area contributed by atoms with Gasteiger partial charge >= 0.3 is 5.97 Å². The van der Waals surface area contributed by atoms with Crippen molar-refractivity contribution < 1.29 is 9.90 Å². The molecule has 1 aromatic heterocycles. The molecule has 5 nitrogen and oxygen atoms in total. The van der Waals surface area contributed by atoms with Crippen LogP contribution in [0, 0.1) is 6.92 Å². The number of carboxylic acids is 1. The predicted molar refractivity (Wildman–Crippen MR) is 71.8 cm³/mol. The van der Waals surface area contributed by atoms with Crippen LogP contribution in [0.5, 0.6) is 0 Å². The van der Waals surface area contributed by atoms with Gasteiger partial charge in [0, 0.05) is 29.7 Å². The number of pyridine rings is 1. The van der Waals surface area contributed by atoms with Crippen molar-refractivity contribution in [3.63, 3.8) is 0 Å². The number of aromatic nitrogens is 1. The van der Waals surface area contributed by atoms with Crippen LogP contribution in [0.1, 0.15) is 5.56 Å². The first-order valence-electron chi connectivity index (χ1n) is 5.57. The fourth-order valence-electron chi connectivity index (χ4n) is 2.03. The fourth-order valence-corrected chi connectivity index (χ4v) is 2.03. The molecule has 0 aliphatic carbocycles. The van der Waals surface area contributed by atoms with E-state index < -0.39 is 5.97 Å². The minimum absolute atomic E-state index is 0.0973. The summed E-state index contributed by atoms with van der Waals surface area (Å²) in [7, 11) is 1.70. The van der Waals surface area contributed by atoms with Crippen LogP contribution >= 0.6 is 0 Å². The number of rotatable bonds is 3. The monoisotopic (exact) mass is 245 g/mol. The molecule has 2 rings (SSSR count). The Morgan fingerprint density at radius 2 is 2.17 bits per heavy atom. The molecule has 1 heterocycles. The first-order valence-corrected chi connectivity index (χ1v) is 5.57. The van der Waals surface area contributed by atoms with Gasteiger partial charge < -0.3 is 15.7 Å². The van der Waals surface area contributed by atoms with Gasteiger partial charge in [0.25, 0.3) is 0 Å². The highest BCUT2D eigenvalue weighted by atomic mass is 16.4. The van der Waals surface area contributed by atoms with Gasteiger partial charge in [-0.25, -0.2) is 4.98 Å². The lowest BCUT2D eigenvalue weighted by molar-refractivity contribution is -0.135. The highest BCUT2D eigenvalue weighted by Gasteiger charge is 2.12. The molecule has 0 saturated carbocycles. The van der Waals surface area contributed by atoms with E-state index in [9.17, 15) is 4.79 Å². The number of nitrogen functional groups attached to an aromatic ring is 1. The van der Waals surface area contributed by atoms with E-state index in [0.29, 0.717) is 11.5 Å². The molecule has 18 heavy (non-hydrogen) atoms.